The fourth-order valence-corrected chi connectivity index (χ4v) is 4.21. The molecule has 1 aliphatic heterocycles. The molecule has 0 bridgehead atoms. The molecule has 0 saturated carbocycles. The molecule has 0 spiro atoms. The molecule has 1 fully saturated rings. The van der Waals surface area contributed by atoms with E-state index in [0.717, 1.165) is 19.3 Å². The van der Waals surface area contributed by atoms with E-state index in [1.807, 2.05) is 19.2 Å². The number of piperidine rings is 1. The Morgan fingerprint density at radius 3 is 2.23 bits per heavy atom. The van der Waals surface area contributed by atoms with E-state index in [-0.39, 0.29) is 12.4 Å². The van der Waals surface area contributed by atoms with Crippen molar-refractivity contribution < 1.29 is 8.42 Å². The van der Waals surface area contributed by atoms with Gasteiger partial charge in [-0.2, -0.15) is 4.31 Å². The van der Waals surface area contributed by atoms with E-state index in [1.54, 1.807) is 16.4 Å². The van der Waals surface area contributed by atoms with Gasteiger partial charge in [-0.25, -0.2) is 8.42 Å². The minimum absolute atomic E-state index is 0. The van der Waals surface area contributed by atoms with Gasteiger partial charge in [0.1, 0.15) is 0 Å². The molecule has 0 aromatic heterocycles. The monoisotopic (exact) mass is 346 g/mol. The predicted octanol–water partition coefficient (Wildman–Crippen LogP) is 2.99. The highest BCUT2D eigenvalue weighted by molar-refractivity contribution is 7.89. The Kier molecular flexibility index (Phi) is 7.32. The van der Waals surface area contributed by atoms with Gasteiger partial charge in [0.05, 0.1) is 4.90 Å². The third-order valence-electron chi connectivity index (χ3n) is 4.56. The second-order valence-electron chi connectivity index (χ2n) is 5.85. The highest BCUT2D eigenvalue weighted by Gasteiger charge is 2.28. The van der Waals surface area contributed by atoms with Gasteiger partial charge in [0, 0.05) is 19.1 Å². The van der Waals surface area contributed by atoms with E-state index < -0.39 is 10.0 Å². The summed E-state index contributed by atoms with van der Waals surface area (Å²) >= 11 is 0. The first-order valence-corrected chi connectivity index (χ1v) is 9.20. The lowest BCUT2D eigenvalue weighted by Gasteiger charge is -2.31. The van der Waals surface area contributed by atoms with E-state index in [0.29, 0.717) is 29.9 Å². The maximum absolute atomic E-state index is 12.6. The van der Waals surface area contributed by atoms with Gasteiger partial charge in [-0.15, -0.1) is 12.4 Å². The zero-order valence-electron chi connectivity index (χ0n) is 13.6. The molecule has 1 saturated heterocycles. The van der Waals surface area contributed by atoms with Crippen LogP contribution in [0, 0.1) is 0 Å². The number of sulfonamides is 1. The van der Waals surface area contributed by atoms with Gasteiger partial charge < -0.3 is 5.32 Å². The molecule has 0 radical (unpaired) electrons. The number of nitrogens with zero attached hydrogens (tertiary/aromatic N) is 1. The topological polar surface area (TPSA) is 49.4 Å². The number of nitrogens with one attached hydrogen (secondary N) is 1. The maximum Gasteiger partial charge on any atom is 0.243 e. The van der Waals surface area contributed by atoms with Crippen molar-refractivity contribution in [1.82, 2.24) is 9.62 Å². The van der Waals surface area contributed by atoms with Crippen molar-refractivity contribution in [2.24, 2.45) is 0 Å². The number of hydrogen-bond donors (Lipinski definition) is 1. The molecule has 0 amide bonds. The van der Waals surface area contributed by atoms with Crippen LogP contribution in [0.15, 0.2) is 29.2 Å². The molecule has 1 unspecified atom stereocenters. The Hall–Kier alpha value is -0.620. The normalized spacial score (nSPS) is 18.7. The van der Waals surface area contributed by atoms with Crippen LogP contribution >= 0.6 is 12.4 Å². The molecule has 1 aliphatic rings. The molecule has 1 aromatic rings. The fraction of sp³-hybridized carbons (Fsp3) is 0.625. The lowest BCUT2D eigenvalue weighted by molar-refractivity contribution is 0.298. The van der Waals surface area contributed by atoms with Crippen molar-refractivity contribution in [3.8, 4) is 0 Å². The van der Waals surface area contributed by atoms with Crippen molar-refractivity contribution in [3.05, 3.63) is 29.8 Å². The Bertz CT molecular complexity index is 552. The van der Waals surface area contributed by atoms with Crippen molar-refractivity contribution in [2.45, 2.75) is 50.0 Å². The first kappa shape index (κ1) is 19.4. The van der Waals surface area contributed by atoms with Crippen LogP contribution in [0.2, 0.25) is 0 Å². The van der Waals surface area contributed by atoms with Crippen LogP contribution in [-0.2, 0) is 10.0 Å². The molecule has 126 valence electrons. The van der Waals surface area contributed by atoms with Crippen LogP contribution in [0.4, 0.5) is 0 Å². The molecular weight excluding hydrogens is 320 g/mol. The second-order valence-corrected chi connectivity index (χ2v) is 7.78. The van der Waals surface area contributed by atoms with Crippen LogP contribution in [0.5, 0.6) is 0 Å². The summed E-state index contributed by atoms with van der Waals surface area (Å²) in [6.45, 7) is 5.50. The molecule has 1 aromatic carbocycles. The summed E-state index contributed by atoms with van der Waals surface area (Å²) in [4.78, 5) is 0.414. The summed E-state index contributed by atoms with van der Waals surface area (Å²) < 4.78 is 26.9. The van der Waals surface area contributed by atoms with Gasteiger partial charge in [-0.3, -0.25) is 0 Å². The van der Waals surface area contributed by atoms with Gasteiger partial charge in [0.2, 0.25) is 10.0 Å². The summed E-state index contributed by atoms with van der Waals surface area (Å²) in [6.07, 6.45) is 2.81. The smallest absolute Gasteiger partial charge is 0.243 e. The minimum Gasteiger partial charge on any atom is -0.317 e. The second kappa shape index (κ2) is 8.29. The van der Waals surface area contributed by atoms with Crippen molar-refractivity contribution >= 4 is 22.4 Å². The summed E-state index contributed by atoms with van der Waals surface area (Å²) in [7, 11) is -1.40. The average Bonchev–Trinajstić information content (AvgIpc) is 2.54. The van der Waals surface area contributed by atoms with Crippen molar-refractivity contribution in [3.63, 3.8) is 0 Å². The molecule has 6 heteroatoms. The Balaban J connectivity index is 0.00000242. The van der Waals surface area contributed by atoms with E-state index in [1.165, 1.54) is 5.56 Å². The Morgan fingerprint density at radius 2 is 1.77 bits per heavy atom. The van der Waals surface area contributed by atoms with Gasteiger partial charge in [-0.05, 0) is 49.9 Å². The standard InChI is InChI=1S/C16H26N2O2S.ClH/c1-4-13(2)14-5-7-16(8-6-14)21(19,20)18-11-9-15(17-3)10-12-18;/h5-8,13,15,17H,4,9-12H2,1-3H3;1H. The Labute approximate surface area is 140 Å². The maximum atomic E-state index is 12.6. The van der Waals surface area contributed by atoms with Crippen LogP contribution in [0.1, 0.15) is 44.6 Å². The number of rotatable bonds is 5. The quantitative estimate of drug-likeness (QED) is 0.891. The van der Waals surface area contributed by atoms with Crippen molar-refractivity contribution in [2.75, 3.05) is 20.1 Å². The summed E-state index contributed by atoms with van der Waals surface area (Å²) in [5, 5.41) is 3.22. The lowest BCUT2D eigenvalue weighted by Crippen LogP contribution is -2.43. The van der Waals surface area contributed by atoms with Crippen molar-refractivity contribution in [1.29, 1.82) is 0 Å². The third-order valence-corrected chi connectivity index (χ3v) is 6.47. The lowest BCUT2D eigenvalue weighted by atomic mass is 9.99. The number of benzene rings is 1. The van der Waals surface area contributed by atoms with E-state index >= 15 is 0 Å². The summed E-state index contributed by atoms with van der Waals surface area (Å²) in [6, 6.07) is 7.83. The predicted molar refractivity (Wildman–Crippen MR) is 93.2 cm³/mol. The average molecular weight is 347 g/mol. The first-order chi connectivity index (χ1) is 9.98. The fourth-order valence-electron chi connectivity index (χ4n) is 2.74. The zero-order chi connectivity index (χ0) is 15.5. The summed E-state index contributed by atoms with van der Waals surface area (Å²) in [5.41, 5.74) is 1.20. The third kappa shape index (κ3) is 4.22. The largest absolute Gasteiger partial charge is 0.317 e. The minimum atomic E-state index is -3.34. The number of hydrogen-bond acceptors (Lipinski definition) is 3. The molecule has 4 nitrogen and oxygen atoms in total. The van der Waals surface area contributed by atoms with Gasteiger partial charge in [0.25, 0.3) is 0 Å². The highest BCUT2D eigenvalue weighted by Crippen LogP contribution is 2.24. The Morgan fingerprint density at radius 1 is 1.23 bits per heavy atom. The van der Waals surface area contributed by atoms with Gasteiger partial charge in [-0.1, -0.05) is 26.0 Å². The van der Waals surface area contributed by atoms with Crippen LogP contribution in [0.25, 0.3) is 0 Å². The van der Waals surface area contributed by atoms with Crippen LogP contribution in [0.3, 0.4) is 0 Å². The molecule has 1 atom stereocenters. The number of halogens is 1. The van der Waals surface area contributed by atoms with Gasteiger partial charge >= 0.3 is 0 Å². The molecule has 1 heterocycles. The molecular formula is C16H27ClN2O2S. The molecule has 22 heavy (non-hydrogen) atoms. The van der Waals surface area contributed by atoms with E-state index in [9.17, 15) is 8.42 Å². The highest BCUT2D eigenvalue weighted by atomic mass is 35.5. The SMILES string of the molecule is CCC(C)c1ccc(S(=O)(=O)N2CCC(NC)CC2)cc1.Cl. The summed E-state index contributed by atoms with van der Waals surface area (Å²) in [5.74, 6) is 0.466. The van der Waals surface area contributed by atoms with Crippen LogP contribution in [-0.4, -0.2) is 38.9 Å². The van der Waals surface area contributed by atoms with E-state index in [2.05, 4.69) is 19.2 Å². The van der Waals surface area contributed by atoms with Gasteiger partial charge in [0.15, 0.2) is 0 Å². The zero-order valence-corrected chi connectivity index (χ0v) is 15.2. The van der Waals surface area contributed by atoms with Crippen LogP contribution < -0.4 is 5.32 Å². The molecule has 0 aliphatic carbocycles. The van der Waals surface area contributed by atoms with E-state index in [4.69, 9.17) is 0 Å². The first-order valence-electron chi connectivity index (χ1n) is 7.76. The molecule has 1 N–H and O–H groups in total. The molecule has 2 rings (SSSR count).